The predicted molar refractivity (Wildman–Crippen MR) is 77.4 cm³/mol. The van der Waals surface area contributed by atoms with Gasteiger partial charge >= 0.3 is 0 Å². The highest BCUT2D eigenvalue weighted by molar-refractivity contribution is 6.00. The van der Waals surface area contributed by atoms with Crippen LogP contribution in [0.3, 0.4) is 0 Å². The zero-order chi connectivity index (χ0) is 15.0. The Morgan fingerprint density at radius 3 is 2.75 bits per heavy atom. The monoisotopic (exact) mass is 281 g/mol. The fourth-order valence-corrected chi connectivity index (χ4v) is 1.83. The van der Waals surface area contributed by atoms with Crippen LogP contribution >= 0.6 is 0 Å². The largest absolute Gasteiger partial charge is 0.490 e. The lowest BCUT2D eigenvalue weighted by Crippen LogP contribution is -2.19. The van der Waals surface area contributed by atoms with Gasteiger partial charge in [-0.15, -0.1) is 0 Å². The van der Waals surface area contributed by atoms with Crippen molar-refractivity contribution in [3.63, 3.8) is 0 Å². The first-order chi connectivity index (χ1) is 9.60. The smallest absolute Gasteiger partial charge is 0.175 e. The molecule has 1 aromatic rings. The van der Waals surface area contributed by atoms with Crippen molar-refractivity contribution in [2.45, 2.75) is 33.6 Å². The van der Waals surface area contributed by atoms with E-state index in [1.54, 1.807) is 13.0 Å². The second-order valence-electron chi connectivity index (χ2n) is 4.52. The number of hydrogen-bond acceptors (Lipinski definition) is 5. The quantitative estimate of drug-likeness (QED) is 0.250. The number of nitrogens with zero attached hydrogens (tertiary/aromatic N) is 2. The molecular weight excluding hydrogens is 258 g/mol. The topological polar surface area (TPSA) is 90.0 Å². The van der Waals surface area contributed by atoms with E-state index in [0.717, 1.165) is 25.1 Å². The van der Waals surface area contributed by atoms with Crippen molar-refractivity contribution < 1.29 is 14.7 Å². The van der Waals surface area contributed by atoms with Crippen molar-refractivity contribution in [3.05, 3.63) is 23.0 Å². The van der Waals surface area contributed by atoms with E-state index in [1.807, 2.05) is 6.92 Å². The molecule has 0 saturated heterocycles. The second-order valence-corrected chi connectivity index (χ2v) is 4.52. The van der Waals surface area contributed by atoms with Crippen LogP contribution in [-0.2, 0) is 4.74 Å². The number of unbranched alkanes of at least 4 members (excludes halogenated alkanes) is 1. The third kappa shape index (κ3) is 4.70. The number of rotatable bonds is 8. The SMILES string of the molecule is CCCCOCCOc1cc(C)nc(C)c1/C(N)=N/O. The first kappa shape index (κ1) is 16.2. The molecule has 1 heterocycles. The number of nitrogens with two attached hydrogens (primary N) is 1. The Morgan fingerprint density at radius 2 is 2.10 bits per heavy atom. The molecule has 0 spiro atoms. The van der Waals surface area contributed by atoms with Gasteiger partial charge in [-0.2, -0.15) is 0 Å². The molecule has 0 aliphatic rings. The molecule has 0 saturated carbocycles. The lowest BCUT2D eigenvalue weighted by Gasteiger charge is -2.13. The molecule has 0 aliphatic carbocycles. The van der Waals surface area contributed by atoms with Crippen molar-refractivity contribution in [1.82, 2.24) is 4.98 Å². The van der Waals surface area contributed by atoms with Gasteiger partial charge in [0.1, 0.15) is 12.4 Å². The molecule has 0 bridgehead atoms. The Bertz CT molecular complexity index is 461. The summed E-state index contributed by atoms with van der Waals surface area (Å²) >= 11 is 0. The molecule has 3 N–H and O–H groups in total. The number of pyridine rings is 1. The van der Waals surface area contributed by atoms with Crippen molar-refractivity contribution in [2.75, 3.05) is 19.8 Å². The van der Waals surface area contributed by atoms with E-state index in [1.165, 1.54) is 0 Å². The average Bonchev–Trinajstić information content (AvgIpc) is 2.41. The van der Waals surface area contributed by atoms with Crippen LogP contribution in [0.15, 0.2) is 11.2 Å². The van der Waals surface area contributed by atoms with Crippen molar-refractivity contribution in [2.24, 2.45) is 10.9 Å². The molecule has 0 aromatic carbocycles. The van der Waals surface area contributed by atoms with Gasteiger partial charge in [0.2, 0.25) is 0 Å². The van der Waals surface area contributed by atoms with Gasteiger partial charge < -0.3 is 20.4 Å². The maximum absolute atomic E-state index is 8.83. The van der Waals surface area contributed by atoms with Crippen LogP contribution in [-0.4, -0.2) is 35.8 Å². The van der Waals surface area contributed by atoms with Crippen LogP contribution in [0.25, 0.3) is 0 Å². The number of hydrogen-bond donors (Lipinski definition) is 2. The van der Waals surface area contributed by atoms with E-state index >= 15 is 0 Å². The zero-order valence-corrected chi connectivity index (χ0v) is 12.3. The van der Waals surface area contributed by atoms with Gasteiger partial charge in [-0.3, -0.25) is 4.98 Å². The van der Waals surface area contributed by atoms with E-state index in [4.69, 9.17) is 20.4 Å². The van der Waals surface area contributed by atoms with Gasteiger partial charge in [0.15, 0.2) is 5.84 Å². The molecule has 112 valence electrons. The van der Waals surface area contributed by atoms with E-state index in [0.29, 0.717) is 30.2 Å². The standard InChI is InChI=1S/C14H23N3O3/c1-4-5-6-19-7-8-20-12-9-10(2)16-11(3)13(12)14(15)17-18/h9,18H,4-8H2,1-3H3,(H2,15,17). The minimum Gasteiger partial charge on any atom is -0.490 e. The van der Waals surface area contributed by atoms with E-state index in [-0.39, 0.29) is 5.84 Å². The molecule has 0 atom stereocenters. The molecule has 1 aromatic heterocycles. The summed E-state index contributed by atoms with van der Waals surface area (Å²) in [5.74, 6) is 0.557. The third-order valence-corrected chi connectivity index (χ3v) is 2.78. The summed E-state index contributed by atoms with van der Waals surface area (Å²) in [6.45, 7) is 7.44. The summed E-state index contributed by atoms with van der Waals surface area (Å²) in [7, 11) is 0. The van der Waals surface area contributed by atoms with Crippen molar-refractivity contribution in [1.29, 1.82) is 0 Å². The Hall–Kier alpha value is -1.82. The molecular formula is C14H23N3O3. The Balaban J connectivity index is 2.68. The van der Waals surface area contributed by atoms with Crippen molar-refractivity contribution in [3.8, 4) is 5.75 Å². The number of aromatic nitrogens is 1. The molecule has 0 radical (unpaired) electrons. The summed E-state index contributed by atoms with van der Waals surface area (Å²) < 4.78 is 11.1. The Labute approximate surface area is 119 Å². The maximum atomic E-state index is 8.83. The second kappa shape index (κ2) is 8.37. The van der Waals surface area contributed by atoms with Crippen molar-refractivity contribution >= 4 is 5.84 Å². The zero-order valence-electron chi connectivity index (χ0n) is 12.3. The summed E-state index contributed by atoms with van der Waals surface area (Å²) in [5, 5.41) is 11.9. The number of oxime groups is 1. The van der Waals surface area contributed by atoms with E-state index < -0.39 is 0 Å². The molecule has 20 heavy (non-hydrogen) atoms. The number of ether oxygens (including phenoxy) is 2. The van der Waals surface area contributed by atoms with Crippen LogP contribution < -0.4 is 10.5 Å². The molecule has 1 rings (SSSR count). The average molecular weight is 281 g/mol. The highest BCUT2D eigenvalue weighted by Crippen LogP contribution is 2.22. The van der Waals surface area contributed by atoms with Gasteiger partial charge in [-0.05, 0) is 20.3 Å². The van der Waals surface area contributed by atoms with Crippen LogP contribution in [0.2, 0.25) is 0 Å². The first-order valence-electron chi connectivity index (χ1n) is 6.76. The minimum atomic E-state index is -0.00287. The van der Waals surface area contributed by atoms with Gasteiger partial charge in [0, 0.05) is 18.4 Å². The van der Waals surface area contributed by atoms with E-state index in [2.05, 4.69) is 17.1 Å². The molecule has 0 fully saturated rings. The van der Waals surface area contributed by atoms with Crippen LogP contribution in [0.4, 0.5) is 0 Å². The van der Waals surface area contributed by atoms with Gasteiger partial charge in [0.25, 0.3) is 0 Å². The van der Waals surface area contributed by atoms with Crippen LogP contribution in [0, 0.1) is 13.8 Å². The Kier molecular flexibility index (Phi) is 6.79. The fraction of sp³-hybridized carbons (Fsp3) is 0.571. The Morgan fingerprint density at radius 1 is 1.35 bits per heavy atom. The third-order valence-electron chi connectivity index (χ3n) is 2.78. The summed E-state index contributed by atoms with van der Waals surface area (Å²) in [6, 6.07) is 1.77. The van der Waals surface area contributed by atoms with Crippen LogP contribution in [0.1, 0.15) is 36.7 Å². The lowest BCUT2D eigenvalue weighted by molar-refractivity contribution is 0.0979. The summed E-state index contributed by atoms with van der Waals surface area (Å²) in [6.07, 6.45) is 2.15. The number of aryl methyl sites for hydroxylation is 2. The number of amidine groups is 1. The predicted octanol–water partition coefficient (Wildman–Crippen LogP) is 1.99. The van der Waals surface area contributed by atoms with Gasteiger partial charge in [0.05, 0.1) is 17.9 Å². The molecule has 6 nitrogen and oxygen atoms in total. The van der Waals surface area contributed by atoms with Gasteiger partial charge in [-0.25, -0.2) is 0 Å². The molecule has 6 heteroatoms. The molecule has 0 amide bonds. The lowest BCUT2D eigenvalue weighted by atomic mass is 10.1. The van der Waals surface area contributed by atoms with Crippen LogP contribution in [0.5, 0.6) is 5.75 Å². The molecule has 0 unspecified atom stereocenters. The highest BCUT2D eigenvalue weighted by atomic mass is 16.5. The maximum Gasteiger partial charge on any atom is 0.175 e. The molecule has 0 aliphatic heterocycles. The highest BCUT2D eigenvalue weighted by Gasteiger charge is 2.14. The summed E-state index contributed by atoms with van der Waals surface area (Å²) in [4.78, 5) is 4.29. The minimum absolute atomic E-state index is 0.00287. The fourth-order valence-electron chi connectivity index (χ4n) is 1.83. The summed E-state index contributed by atoms with van der Waals surface area (Å²) in [5.41, 5.74) is 7.67. The van der Waals surface area contributed by atoms with E-state index in [9.17, 15) is 0 Å². The normalized spacial score (nSPS) is 11.7. The first-order valence-corrected chi connectivity index (χ1v) is 6.76. The van der Waals surface area contributed by atoms with Gasteiger partial charge in [-0.1, -0.05) is 18.5 Å².